The van der Waals surface area contributed by atoms with E-state index in [1.54, 1.807) is 18.3 Å². The van der Waals surface area contributed by atoms with Crippen molar-refractivity contribution in [2.45, 2.75) is 37.8 Å². The number of hydrogen-bond donors (Lipinski definition) is 2. The summed E-state index contributed by atoms with van der Waals surface area (Å²) in [5.41, 5.74) is 0.668. The number of carbonyl (C=O) groups is 1. The smallest absolute Gasteiger partial charge is 0.273 e. The average Bonchev–Trinajstić information content (AvgIpc) is 2.93. The van der Waals surface area contributed by atoms with Crippen molar-refractivity contribution in [3.8, 4) is 0 Å². The Bertz CT molecular complexity index is 697. The molecule has 2 aromatic rings. The van der Waals surface area contributed by atoms with E-state index in [1.165, 1.54) is 16.8 Å². The fourth-order valence-electron chi connectivity index (χ4n) is 2.86. The summed E-state index contributed by atoms with van der Waals surface area (Å²) >= 11 is 0. The first-order valence-corrected chi connectivity index (χ1v) is 7.68. The maximum absolute atomic E-state index is 13.2. The zero-order valence-corrected chi connectivity index (χ0v) is 12.7. The van der Waals surface area contributed by atoms with Gasteiger partial charge in [-0.05, 0) is 43.4 Å². The minimum Gasteiger partial charge on any atom is -0.396 e. The van der Waals surface area contributed by atoms with Gasteiger partial charge < -0.3 is 10.4 Å². The van der Waals surface area contributed by atoms with Crippen LogP contribution in [0.3, 0.4) is 0 Å². The molecule has 2 N–H and O–H groups in total. The lowest BCUT2D eigenvalue weighted by Gasteiger charge is -2.42. The lowest BCUT2D eigenvalue weighted by atomic mass is 9.74. The van der Waals surface area contributed by atoms with Crippen LogP contribution in [0, 0.1) is 5.82 Å². The van der Waals surface area contributed by atoms with Gasteiger partial charge in [-0.25, -0.2) is 9.07 Å². The largest absolute Gasteiger partial charge is 0.396 e. The maximum Gasteiger partial charge on any atom is 0.273 e. The number of rotatable bonds is 6. The highest BCUT2D eigenvalue weighted by atomic mass is 19.1. The molecule has 3 rings (SSSR count). The molecule has 7 heteroatoms. The molecule has 1 aliphatic rings. The zero-order chi connectivity index (χ0) is 16.3. The summed E-state index contributed by atoms with van der Waals surface area (Å²) in [6, 6.07) is 6.22. The van der Waals surface area contributed by atoms with Crippen molar-refractivity contribution in [3.05, 3.63) is 47.5 Å². The molecule has 0 saturated heterocycles. The monoisotopic (exact) mass is 318 g/mol. The summed E-state index contributed by atoms with van der Waals surface area (Å²) in [7, 11) is 0. The van der Waals surface area contributed by atoms with E-state index in [9.17, 15) is 9.18 Å². The van der Waals surface area contributed by atoms with Crippen LogP contribution in [0.5, 0.6) is 0 Å². The third-order valence-electron chi connectivity index (χ3n) is 4.28. The Hall–Kier alpha value is -2.28. The van der Waals surface area contributed by atoms with Crippen LogP contribution in [-0.4, -0.2) is 38.2 Å². The summed E-state index contributed by atoms with van der Waals surface area (Å²) in [5, 5.41) is 19.9. The summed E-state index contributed by atoms with van der Waals surface area (Å²) in [4.78, 5) is 12.3. The molecule has 1 amide bonds. The van der Waals surface area contributed by atoms with Gasteiger partial charge in [0.05, 0.1) is 12.7 Å². The summed E-state index contributed by atoms with van der Waals surface area (Å²) in [6.07, 6.45) is 4.89. The van der Waals surface area contributed by atoms with Gasteiger partial charge in [0.15, 0.2) is 5.69 Å². The van der Waals surface area contributed by atoms with Crippen molar-refractivity contribution in [2.75, 3.05) is 6.61 Å². The Morgan fingerprint density at radius 3 is 2.91 bits per heavy atom. The van der Waals surface area contributed by atoms with Crippen molar-refractivity contribution in [2.24, 2.45) is 0 Å². The third kappa shape index (κ3) is 3.56. The van der Waals surface area contributed by atoms with Crippen LogP contribution in [0.1, 0.15) is 41.7 Å². The number of carbonyl (C=O) groups excluding carboxylic acids is 1. The van der Waals surface area contributed by atoms with Crippen LogP contribution in [0.25, 0.3) is 0 Å². The Labute approximate surface area is 133 Å². The highest BCUT2D eigenvalue weighted by Crippen LogP contribution is 2.34. The first-order chi connectivity index (χ1) is 11.1. The predicted octanol–water partition coefficient (Wildman–Crippen LogP) is 1.50. The SMILES string of the molecule is O=C(NC1(CCO)CCC1)c1cn(Cc2cccc(F)c2)nn1. The normalized spacial score (nSPS) is 15.9. The van der Waals surface area contributed by atoms with Gasteiger partial charge in [0, 0.05) is 12.1 Å². The van der Waals surface area contributed by atoms with Gasteiger partial charge in [0.25, 0.3) is 5.91 Å². The number of nitrogens with one attached hydrogen (secondary N) is 1. The number of aliphatic hydroxyl groups excluding tert-OH is 1. The average molecular weight is 318 g/mol. The van der Waals surface area contributed by atoms with E-state index >= 15 is 0 Å². The second-order valence-electron chi connectivity index (χ2n) is 5.99. The minimum absolute atomic E-state index is 0.0482. The highest BCUT2D eigenvalue weighted by Gasteiger charge is 2.38. The van der Waals surface area contributed by atoms with E-state index < -0.39 is 0 Å². The molecule has 1 heterocycles. The van der Waals surface area contributed by atoms with E-state index in [4.69, 9.17) is 5.11 Å². The van der Waals surface area contributed by atoms with E-state index in [1.807, 2.05) is 0 Å². The molecule has 1 aromatic heterocycles. The zero-order valence-electron chi connectivity index (χ0n) is 12.7. The van der Waals surface area contributed by atoms with Gasteiger partial charge in [0.2, 0.25) is 0 Å². The first kappa shape index (κ1) is 15.6. The molecule has 1 aliphatic carbocycles. The van der Waals surface area contributed by atoms with Crippen LogP contribution in [0.2, 0.25) is 0 Å². The quantitative estimate of drug-likeness (QED) is 0.846. The number of amides is 1. The lowest BCUT2D eigenvalue weighted by molar-refractivity contribution is 0.0766. The molecular weight excluding hydrogens is 299 g/mol. The number of hydrogen-bond acceptors (Lipinski definition) is 4. The van der Waals surface area contributed by atoms with E-state index in [0.717, 1.165) is 24.8 Å². The van der Waals surface area contributed by atoms with Crippen molar-refractivity contribution in [1.82, 2.24) is 20.3 Å². The van der Waals surface area contributed by atoms with E-state index in [2.05, 4.69) is 15.6 Å². The van der Waals surface area contributed by atoms with Crippen molar-refractivity contribution in [3.63, 3.8) is 0 Å². The van der Waals surface area contributed by atoms with E-state index in [-0.39, 0.29) is 29.6 Å². The topological polar surface area (TPSA) is 80.0 Å². The van der Waals surface area contributed by atoms with E-state index in [0.29, 0.717) is 13.0 Å². The van der Waals surface area contributed by atoms with Crippen LogP contribution in [0.15, 0.2) is 30.5 Å². The highest BCUT2D eigenvalue weighted by molar-refractivity contribution is 5.92. The standard InChI is InChI=1S/C16H19FN4O2/c17-13-4-1-3-12(9-13)10-21-11-14(19-20-21)15(23)18-16(7-8-22)5-2-6-16/h1,3-4,9,11,22H,2,5-8,10H2,(H,18,23). The fraction of sp³-hybridized carbons (Fsp3) is 0.438. The molecule has 1 aromatic carbocycles. The van der Waals surface area contributed by atoms with Crippen LogP contribution < -0.4 is 5.32 Å². The predicted molar refractivity (Wildman–Crippen MR) is 81.3 cm³/mol. The molecule has 1 fully saturated rings. The van der Waals surface area contributed by atoms with Gasteiger partial charge in [-0.2, -0.15) is 0 Å². The summed E-state index contributed by atoms with van der Waals surface area (Å²) in [6.45, 7) is 0.395. The Morgan fingerprint density at radius 2 is 2.26 bits per heavy atom. The fourth-order valence-corrected chi connectivity index (χ4v) is 2.86. The number of nitrogens with zero attached hydrogens (tertiary/aromatic N) is 3. The van der Waals surface area contributed by atoms with Crippen LogP contribution >= 0.6 is 0 Å². The molecule has 0 bridgehead atoms. The van der Waals surface area contributed by atoms with Gasteiger partial charge in [-0.15, -0.1) is 5.10 Å². The summed E-state index contributed by atoms with van der Waals surface area (Å²) in [5.74, 6) is -0.597. The molecule has 122 valence electrons. The number of aliphatic hydroxyl groups is 1. The molecule has 0 atom stereocenters. The Balaban J connectivity index is 1.65. The number of benzene rings is 1. The molecule has 0 spiro atoms. The lowest BCUT2D eigenvalue weighted by Crippen LogP contribution is -2.54. The Morgan fingerprint density at radius 1 is 1.43 bits per heavy atom. The molecular formula is C16H19FN4O2. The van der Waals surface area contributed by atoms with Crippen LogP contribution in [0.4, 0.5) is 4.39 Å². The third-order valence-corrected chi connectivity index (χ3v) is 4.28. The molecule has 1 saturated carbocycles. The second-order valence-corrected chi connectivity index (χ2v) is 5.99. The van der Waals surface area contributed by atoms with Crippen LogP contribution in [-0.2, 0) is 6.54 Å². The maximum atomic E-state index is 13.2. The number of aromatic nitrogens is 3. The number of halogens is 1. The Kier molecular flexibility index (Phi) is 4.38. The molecule has 6 nitrogen and oxygen atoms in total. The van der Waals surface area contributed by atoms with Gasteiger partial charge in [-0.1, -0.05) is 17.3 Å². The van der Waals surface area contributed by atoms with Crippen molar-refractivity contribution >= 4 is 5.91 Å². The van der Waals surface area contributed by atoms with Gasteiger partial charge >= 0.3 is 0 Å². The van der Waals surface area contributed by atoms with Crippen molar-refractivity contribution < 1.29 is 14.3 Å². The first-order valence-electron chi connectivity index (χ1n) is 7.68. The van der Waals surface area contributed by atoms with Gasteiger partial charge in [0.1, 0.15) is 5.82 Å². The molecule has 0 unspecified atom stereocenters. The molecule has 0 radical (unpaired) electrons. The second kappa shape index (κ2) is 6.45. The van der Waals surface area contributed by atoms with Crippen molar-refractivity contribution in [1.29, 1.82) is 0 Å². The summed E-state index contributed by atoms with van der Waals surface area (Å²) < 4.78 is 14.7. The minimum atomic E-state index is -0.309. The molecule has 0 aliphatic heterocycles. The van der Waals surface area contributed by atoms with Gasteiger partial charge in [-0.3, -0.25) is 4.79 Å². The molecule has 23 heavy (non-hydrogen) atoms.